The third kappa shape index (κ3) is 2.47. The average Bonchev–Trinajstić information content (AvgIpc) is 2.68. The summed E-state index contributed by atoms with van der Waals surface area (Å²) in [6.45, 7) is 5.12. The number of hydrogen-bond acceptors (Lipinski definition) is 1. The highest BCUT2D eigenvalue weighted by Gasteiger charge is 2.35. The number of amides is 1. The summed E-state index contributed by atoms with van der Waals surface area (Å²) in [5.41, 5.74) is 1.79. The molecule has 3 heteroatoms. The Balaban J connectivity index is 2.19. The number of halogens is 1. The van der Waals surface area contributed by atoms with Crippen LogP contribution in [-0.4, -0.2) is 22.9 Å². The lowest BCUT2D eigenvalue weighted by Crippen LogP contribution is -2.42. The highest BCUT2D eigenvalue weighted by molar-refractivity contribution is 6.17. The Morgan fingerprint density at radius 1 is 1.35 bits per heavy atom. The van der Waals surface area contributed by atoms with E-state index in [9.17, 15) is 4.79 Å². The van der Waals surface area contributed by atoms with Crippen molar-refractivity contribution in [1.82, 2.24) is 4.90 Å². The third-order valence-corrected chi connectivity index (χ3v) is 3.81. The minimum absolute atomic E-state index is 0.0117. The molecule has 1 amide bonds. The molecule has 1 saturated heterocycles. The van der Waals surface area contributed by atoms with Crippen LogP contribution in [0.5, 0.6) is 0 Å². The fraction of sp³-hybridized carbons (Fsp3) is 0.500. The molecule has 0 aromatic heterocycles. The summed E-state index contributed by atoms with van der Waals surface area (Å²) in [5, 5.41) is 0. The van der Waals surface area contributed by atoms with E-state index in [-0.39, 0.29) is 11.4 Å². The van der Waals surface area contributed by atoms with Gasteiger partial charge in [0.1, 0.15) is 0 Å². The summed E-state index contributed by atoms with van der Waals surface area (Å²) in [5.74, 6) is 0.623. The highest BCUT2D eigenvalue weighted by Crippen LogP contribution is 2.29. The third-order valence-electron chi connectivity index (χ3n) is 3.50. The lowest BCUT2D eigenvalue weighted by molar-refractivity contribution is 0.0652. The molecule has 1 aromatic rings. The second-order valence-corrected chi connectivity index (χ2v) is 5.47. The zero-order valence-corrected chi connectivity index (χ0v) is 11.1. The maximum atomic E-state index is 12.4. The zero-order valence-electron chi connectivity index (χ0n) is 10.4. The van der Waals surface area contributed by atoms with E-state index in [4.69, 9.17) is 11.6 Å². The number of carbonyl (C=O) groups is 1. The lowest BCUT2D eigenvalue weighted by atomic mass is 10.0. The number of hydrogen-bond donors (Lipinski definition) is 0. The van der Waals surface area contributed by atoms with Gasteiger partial charge in [-0.25, -0.2) is 0 Å². The minimum Gasteiger partial charge on any atom is -0.334 e. The Labute approximate surface area is 108 Å². The molecule has 1 aliphatic rings. The van der Waals surface area contributed by atoms with E-state index in [2.05, 4.69) is 13.8 Å². The van der Waals surface area contributed by atoms with Crippen molar-refractivity contribution in [3.63, 3.8) is 0 Å². The Hall–Kier alpha value is -1.02. The SMILES string of the molecule is CC1(C)CCCN1C(=O)c1ccc(CCl)cc1. The number of rotatable bonds is 2. The quantitative estimate of drug-likeness (QED) is 0.738. The first-order chi connectivity index (χ1) is 8.04. The molecular weight excluding hydrogens is 234 g/mol. The minimum atomic E-state index is -0.0117. The summed E-state index contributed by atoms with van der Waals surface area (Å²) >= 11 is 5.74. The van der Waals surface area contributed by atoms with Crippen molar-refractivity contribution in [2.45, 2.75) is 38.1 Å². The van der Waals surface area contributed by atoms with E-state index in [1.54, 1.807) is 0 Å². The summed E-state index contributed by atoms with van der Waals surface area (Å²) < 4.78 is 0. The Morgan fingerprint density at radius 2 is 2.00 bits per heavy atom. The molecule has 92 valence electrons. The van der Waals surface area contributed by atoms with Crippen molar-refractivity contribution < 1.29 is 4.79 Å². The fourth-order valence-corrected chi connectivity index (χ4v) is 2.55. The van der Waals surface area contributed by atoms with Gasteiger partial charge in [-0.3, -0.25) is 4.79 Å². The molecule has 0 aliphatic carbocycles. The van der Waals surface area contributed by atoms with Crippen molar-refractivity contribution in [3.8, 4) is 0 Å². The van der Waals surface area contributed by atoms with Crippen LogP contribution in [0.4, 0.5) is 0 Å². The van der Waals surface area contributed by atoms with Gasteiger partial charge in [0.15, 0.2) is 0 Å². The van der Waals surface area contributed by atoms with Gasteiger partial charge in [0.25, 0.3) is 5.91 Å². The van der Waals surface area contributed by atoms with Crippen LogP contribution in [0.2, 0.25) is 0 Å². The lowest BCUT2D eigenvalue weighted by Gasteiger charge is -2.31. The molecule has 0 radical (unpaired) electrons. The van der Waals surface area contributed by atoms with Crippen LogP contribution in [-0.2, 0) is 5.88 Å². The van der Waals surface area contributed by atoms with Crippen LogP contribution in [0, 0.1) is 0 Å². The molecule has 0 bridgehead atoms. The van der Waals surface area contributed by atoms with Crippen molar-refractivity contribution >= 4 is 17.5 Å². The maximum Gasteiger partial charge on any atom is 0.254 e. The fourth-order valence-electron chi connectivity index (χ4n) is 2.38. The van der Waals surface area contributed by atoms with Gasteiger partial charge in [-0.2, -0.15) is 0 Å². The highest BCUT2D eigenvalue weighted by atomic mass is 35.5. The summed E-state index contributed by atoms with van der Waals surface area (Å²) in [4.78, 5) is 14.3. The predicted octanol–water partition coefficient (Wildman–Crippen LogP) is 3.44. The molecule has 1 aliphatic heterocycles. The molecule has 0 atom stereocenters. The van der Waals surface area contributed by atoms with Gasteiger partial charge in [0.2, 0.25) is 0 Å². The van der Waals surface area contributed by atoms with E-state index < -0.39 is 0 Å². The van der Waals surface area contributed by atoms with E-state index in [0.29, 0.717) is 5.88 Å². The van der Waals surface area contributed by atoms with Gasteiger partial charge < -0.3 is 4.90 Å². The number of benzene rings is 1. The summed E-state index contributed by atoms with van der Waals surface area (Å²) in [7, 11) is 0. The molecule has 2 nitrogen and oxygen atoms in total. The van der Waals surface area contributed by atoms with Gasteiger partial charge in [-0.05, 0) is 44.4 Å². The van der Waals surface area contributed by atoms with Crippen LogP contribution in [0.15, 0.2) is 24.3 Å². The zero-order chi connectivity index (χ0) is 12.5. The molecular formula is C14H18ClNO. The summed E-state index contributed by atoms with van der Waals surface area (Å²) in [6, 6.07) is 7.58. The topological polar surface area (TPSA) is 20.3 Å². The molecule has 0 unspecified atom stereocenters. The van der Waals surface area contributed by atoms with E-state index in [1.807, 2.05) is 29.2 Å². The predicted molar refractivity (Wildman–Crippen MR) is 70.3 cm³/mol. The standard InChI is InChI=1S/C14H18ClNO/c1-14(2)8-3-9-16(14)13(17)12-6-4-11(10-15)5-7-12/h4-7H,3,8-10H2,1-2H3. The molecule has 0 spiro atoms. The number of nitrogens with zero attached hydrogens (tertiary/aromatic N) is 1. The Morgan fingerprint density at radius 3 is 2.47 bits per heavy atom. The Bertz CT molecular complexity index is 411. The first-order valence-electron chi connectivity index (χ1n) is 6.01. The second kappa shape index (κ2) is 4.69. The van der Waals surface area contributed by atoms with Crippen molar-refractivity contribution in [2.24, 2.45) is 0 Å². The average molecular weight is 252 g/mol. The summed E-state index contributed by atoms with van der Waals surface area (Å²) in [6.07, 6.45) is 2.18. The van der Waals surface area contributed by atoms with Crippen molar-refractivity contribution in [2.75, 3.05) is 6.54 Å². The molecule has 17 heavy (non-hydrogen) atoms. The van der Waals surface area contributed by atoms with Crippen LogP contribution in [0.3, 0.4) is 0 Å². The smallest absolute Gasteiger partial charge is 0.254 e. The maximum absolute atomic E-state index is 12.4. The van der Waals surface area contributed by atoms with Crippen molar-refractivity contribution in [1.29, 1.82) is 0 Å². The van der Waals surface area contributed by atoms with E-state index in [1.165, 1.54) is 0 Å². The van der Waals surface area contributed by atoms with Gasteiger partial charge in [-0.15, -0.1) is 11.6 Å². The molecule has 0 N–H and O–H groups in total. The van der Waals surface area contributed by atoms with E-state index >= 15 is 0 Å². The van der Waals surface area contributed by atoms with Crippen LogP contribution in [0.25, 0.3) is 0 Å². The largest absolute Gasteiger partial charge is 0.334 e. The monoisotopic (exact) mass is 251 g/mol. The molecule has 1 aromatic carbocycles. The first kappa shape index (κ1) is 12.4. The van der Waals surface area contributed by atoms with Gasteiger partial charge >= 0.3 is 0 Å². The number of likely N-dealkylation sites (tertiary alicyclic amines) is 1. The van der Waals surface area contributed by atoms with Crippen LogP contribution in [0.1, 0.15) is 42.6 Å². The Kier molecular flexibility index (Phi) is 3.43. The van der Waals surface area contributed by atoms with Crippen molar-refractivity contribution in [3.05, 3.63) is 35.4 Å². The van der Waals surface area contributed by atoms with Gasteiger partial charge in [0, 0.05) is 23.5 Å². The first-order valence-corrected chi connectivity index (χ1v) is 6.55. The molecule has 2 rings (SSSR count). The van der Waals surface area contributed by atoms with Gasteiger partial charge in [-0.1, -0.05) is 12.1 Å². The van der Waals surface area contributed by atoms with Gasteiger partial charge in [0.05, 0.1) is 0 Å². The molecule has 1 heterocycles. The molecule has 0 saturated carbocycles. The number of alkyl halides is 1. The van der Waals surface area contributed by atoms with Crippen LogP contribution >= 0.6 is 11.6 Å². The van der Waals surface area contributed by atoms with Crippen LogP contribution < -0.4 is 0 Å². The second-order valence-electron chi connectivity index (χ2n) is 5.20. The normalized spacial score (nSPS) is 18.4. The number of carbonyl (C=O) groups excluding carboxylic acids is 1. The molecule has 1 fully saturated rings. The van der Waals surface area contributed by atoms with E-state index in [0.717, 1.165) is 30.5 Å².